The molecule has 2 N–H and O–H groups in total. The number of halogens is 1. The molecule has 11 heteroatoms. The van der Waals surface area contributed by atoms with Crippen LogP contribution in [-0.4, -0.2) is 55.4 Å². The number of nitrogens with zero attached hydrogens (tertiary/aromatic N) is 1. The van der Waals surface area contributed by atoms with Crippen molar-refractivity contribution in [2.75, 3.05) is 26.1 Å². The quantitative estimate of drug-likeness (QED) is 0.486. The van der Waals surface area contributed by atoms with Crippen molar-refractivity contribution < 1.29 is 33.4 Å². The van der Waals surface area contributed by atoms with Crippen molar-refractivity contribution in [3.63, 3.8) is 0 Å². The lowest BCUT2D eigenvalue weighted by atomic mass is 9.92. The number of rotatable bonds is 6. The maximum atomic E-state index is 13.0. The number of esters is 2. The first-order valence-electron chi connectivity index (χ1n) is 9.61. The number of nitrogens with one attached hydrogen (secondary N) is 2. The van der Waals surface area contributed by atoms with Crippen LogP contribution in [0.4, 0.5) is 10.5 Å². The minimum atomic E-state index is -1.38. The van der Waals surface area contributed by atoms with Crippen LogP contribution in [0.1, 0.15) is 33.2 Å². The largest absolute Gasteiger partial charge is 0.465 e. The zero-order chi connectivity index (χ0) is 24.3. The molecule has 0 spiro atoms. The van der Waals surface area contributed by atoms with E-state index in [4.69, 9.17) is 16.3 Å². The minimum Gasteiger partial charge on any atom is -0.465 e. The van der Waals surface area contributed by atoms with Crippen molar-refractivity contribution in [3.05, 3.63) is 64.2 Å². The molecule has 0 bridgehead atoms. The molecule has 0 aliphatic carbocycles. The van der Waals surface area contributed by atoms with Crippen LogP contribution in [0.15, 0.2) is 42.5 Å². The number of hydrogen-bond acceptors (Lipinski definition) is 7. The van der Waals surface area contributed by atoms with E-state index < -0.39 is 41.9 Å². The normalized spacial score (nSPS) is 17.4. The Morgan fingerprint density at radius 3 is 2.27 bits per heavy atom. The second-order valence-electron chi connectivity index (χ2n) is 7.25. The van der Waals surface area contributed by atoms with Gasteiger partial charge in [-0.25, -0.2) is 14.4 Å². The molecule has 1 saturated heterocycles. The lowest BCUT2D eigenvalue weighted by Gasteiger charge is -2.22. The third-order valence-corrected chi connectivity index (χ3v) is 5.37. The van der Waals surface area contributed by atoms with Crippen LogP contribution in [0.5, 0.6) is 0 Å². The Labute approximate surface area is 193 Å². The lowest BCUT2D eigenvalue weighted by molar-refractivity contribution is -0.133. The summed E-state index contributed by atoms with van der Waals surface area (Å²) in [6.07, 6.45) is 0. The molecule has 4 amide bonds. The maximum Gasteiger partial charge on any atom is 0.339 e. The van der Waals surface area contributed by atoms with E-state index in [1.165, 1.54) is 32.2 Å². The standard InChI is InChI=1S/C22H20ClN3O7/c1-22(13-5-7-14(23)8-6-13)20(30)26(21(31)25-22)11-17(27)24-16-10-12(18(28)32-2)4-9-15(16)19(29)33-3/h4-10H,11H2,1-3H3,(H,24,27)(H,25,31). The highest BCUT2D eigenvalue weighted by Crippen LogP contribution is 2.29. The molecule has 1 aliphatic heterocycles. The molecule has 1 heterocycles. The van der Waals surface area contributed by atoms with Gasteiger partial charge >= 0.3 is 18.0 Å². The molecular formula is C22H20ClN3O7. The average molecular weight is 474 g/mol. The van der Waals surface area contributed by atoms with E-state index in [-0.39, 0.29) is 16.8 Å². The van der Waals surface area contributed by atoms with Gasteiger partial charge in [-0.1, -0.05) is 23.7 Å². The van der Waals surface area contributed by atoms with Gasteiger partial charge in [-0.05, 0) is 42.8 Å². The van der Waals surface area contributed by atoms with Gasteiger partial charge in [0.05, 0.1) is 31.0 Å². The van der Waals surface area contributed by atoms with E-state index in [0.29, 0.717) is 10.6 Å². The molecule has 3 rings (SSSR count). The smallest absolute Gasteiger partial charge is 0.339 e. The van der Waals surface area contributed by atoms with Gasteiger partial charge in [-0.2, -0.15) is 0 Å². The lowest BCUT2D eigenvalue weighted by Crippen LogP contribution is -2.42. The van der Waals surface area contributed by atoms with Gasteiger partial charge < -0.3 is 20.1 Å². The molecule has 10 nitrogen and oxygen atoms in total. The molecule has 1 atom stereocenters. The summed E-state index contributed by atoms with van der Waals surface area (Å²) in [5, 5.41) is 5.50. The van der Waals surface area contributed by atoms with Crippen molar-refractivity contribution in [2.24, 2.45) is 0 Å². The fourth-order valence-corrected chi connectivity index (χ4v) is 3.46. The third kappa shape index (κ3) is 4.65. The molecule has 1 fully saturated rings. The number of imide groups is 1. The number of ether oxygens (including phenoxy) is 2. The van der Waals surface area contributed by atoms with Crippen LogP contribution in [0, 0.1) is 0 Å². The van der Waals surface area contributed by atoms with E-state index >= 15 is 0 Å². The molecule has 33 heavy (non-hydrogen) atoms. The van der Waals surface area contributed by atoms with Crippen LogP contribution >= 0.6 is 11.6 Å². The van der Waals surface area contributed by atoms with Crippen LogP contribution in [0.2, 0.25) is 5.02 Å². The Kier molecular flexibility index (Phi) is 6.68. The Bertz CT molecular complexity index is 1150. The minimum absolute atomic E-state index is 0.0262. The van der Waals surface area contributed by atoms with Gasteiger partial charge in [0.1, 0.15) is 12.1 Å². The Hall–Kier alpha value is -3.92. The van der Waals surface area contributed by atoms with Crippen LogP contribution in [0.25, 0.3) is 0 Å². The maximum absolute atomic E-state index is 13.0. The summed E-state index contributed by atoms with van der Waals surface area (Å²) in [7, 11) is 2.34. The van der Waals surface area contributed by atoms with Gasteiger partial charge in [-0.15, -0.1) is 0 Å². The zero-order valence-electron chi connectivity index (χ0n) is 17.9. The summed E-state index contributed by atoms with van der Waals surface area (Å²) < 4.78 is 9.34. The highest BCUT2D eigenvalue weighted by Gasteiger charge is 2.49. The van der Waals surface area contributed by atoms with Crippen LogP contribution in [0.3, 0.4) is 0 Å². The number of amides is 4. The molecule has 1 unspecified atom stereocenters. The molecule has 0 radical (unpaired) electrons. The number of methoxy groups -OCH3 is 2. The number of anilines is 1. The highest BCUT2D eigenvalue weighted by molar-refractivity contribution is 6.30. The van der Waals surface area contributed by atoms with Crippen molar-refractivity contribution in [3.8, 4) is 0 Å². The van der Waals surface area contributed by atoms with E-state index in [1.54, 1.807) is 24.3 Å². The number of carbonyl (C=O) groups is 5. The third-order valence-electron chi connectivity index (χ3n) is 5.12. The van der Waals surface area contributed by atoms with E-state index in [9.17, 15) is 24.0 Å². The number of hydrogen-bond donors (Lipinski definition) is 2. The molecule has 2 aromatic carbocycles. The Morgan fingerprint density at radius 1 is 1.03 bits per heavy atom. The number of benzene rings is 2. The number of urea groups is 1. The van der Waals surface area contributed by atoms with Crippen molar-refractivity contribution in [2.45, 2.75) is 12.5 Å². The first kappa shape index (κ1) is 23.7. The molecular weight excluding hydrogens is 454 g/mol. The van der Waals surface area contributed by atoms with E-state index in [0.717, 1.165) is 12.0 Å². The first-order chi connectivity index (χ1) is 15.6. The summed E-state index contributed by atoms with van der Waals surface area (Å²) in [4.78, 5) is 62.8. The summed E-state index contributed by atoms with van der Waals surface area (Å²) in [5.41, 5.74) is -0.883. The van der Waals surface area contributed by atoms with Gasteiger partial charge in [-0.3, -0.25) is 14.5 Å². The SMILES string of the molecule is COC(=O)c1ccc(C(=O)OC)c(NC(=O)CN2C(=O)NC(C)(c3ccc(Cl)cc3)C2=O)c1. The summed E-state index contributed by atoms with van der Waals surface area (Å²) in [6.45, 7) is 0.889. The van der Waals surface area contributed by atoms with Crippen molar-refractivity contribution in [1.82, 2.24) is 10.2 Å². The van der Waals surface area contributed by atoms with E-state index in [2.05, 4.69) is 15.4 Å². The fourth-order valence-electron chi connectivity index (χ4n) is 3.33. The monoisotopic (exact) mass is 473 g/mol. The van der Waals surface area contributed by atoms with Gasteiger partial charge in [0.25, 0.3) is 5.91 Å². The second kappa shape index (κ2) is 9.29. The summed E-state index contributed by atoms with van der Waals surface area (Å²) in [5.74, 6) is -2.85. The van der Waals surface area contributed by atoms with Crippen LogP contribution < -0.4 is 10.6 Å². The van der Waals surface area contributed by atoms with Gasteiger partial charge in [0.15, 0.2) is 0 Å². The molecule has 2 aromatic rings. The van der Waals surface area contributed by atoms with Crippen molar-refractivity contribution in [1.29, 1.82) is 0 Å². The van der Waals surface area contributed by atoms with Gasteiger partial charge in [0.2, 0.25) is 5.91 Å². The molecule has 0 saturated carbocycles. The summed E-state index contributed by atoms with van der Waals surface area (Å²) in [6, 6.07) is 9.47. The highest BCUT2D eigenvalue weighted by atomic mass is 35.5. The fraction of sp³-hybridized carbons (Fsp3) is 0.227. The number of carbonyl (C=O) groups excluding carboxylic acids is 5. The Balaban J connectivity index is 1.82. The predicted octanol–water partition coefficient (Wildman–Crippen LogP) is 2.32. The molecule has 0 aromatic heterocycles. The summed E-state index contributed by atoms with van der Waals surface area (Å²) >= 11 is 5.89. The average Bonchev–Trinajstić information content (AvgIpc) is 3.02. The van der Waals surface area contributed by atoms with E-state index in [1.807, 2.05) is 0 Å². The zero-order valence-corrected chi connectivity index (χ0v) is 18.7. The van der Waals surface area contributed by atoms with Gasteiger partial charge in [0, 0.05) is 5.02 Å². The molecule has 1 aliphatic rings. The molecule has 172 valence electrons. The second-order valence-corrected chi connectivity index (χ2v) is 7.68. The topological polar surface area (TPSA) is 131 Å². The van der Waals surface area contributed by atoms with Crippen molar-refractivity contribution >= 4 is 47.1 Å². The van der Waals surface area contributed by atoms with Crippen LogP contribution in [-0.2, 0) is 24.6 Å². The first-order valence-corrected chi connectivity index (χ1v) is 9.99. The Morgan fingerprint density at radius 2 is 1.67 bits per heavy atom. The predicted molar refractivity (Wildman–Crippen MR) is 117 cm³/mol.